The SMILES string of the molecule is C[SiH](C)O[Si](C)(C)CCCOC(CF)(OC(OF)(C(F)(F)F)C(F)(F)F)C(F)(F)F. The molecule has 4 nitrogen and oxygen atoms in total. The number of hydrogen-bond acceptors (Lipinski definition) is 4. The van der Waals surface area contributed by atoms with Crippen molar-refractivity contribution in [2.45, 2.75) is 68.8 Å². The molecule has 182 valence electrons. The fourth-order valence-electron chi connectivity index (χ4n) is 2.35. The summed E-state index contributed by atoms with van der Waals surface area (Å²) in [6.07, 6.45) is -20.4. The van der Waals surface area contributed by atoms with Crippen molar-refractivity contribution in [3.05, 3.63) is 0 Å². The zero-order valence-corrected chi connectivity index (χ0v) is 18.4. The monoisotopic (exact) mass is 506 g/mol. The highest BCUT2D eigenvalue weighted by Crippen LogP contribution is 2.51. The molecule has 0 amide bonds. The molecule has 0 spiro atoms. The van der Waals surface area contributed by atoms with Crippen LogP contribution in [-0.2, 0) is 18.5 Å². The summed E-state index contributed by atoms with van der Waals surface area (Å²) < 4.78 is 155. The quantitative estimate of drug-likeness (QED) is 0.159. The van der Waals surface area contributed by atoms with Gasteiger partial charge in [0.05, 0.1) is 6.61 Å². The Labute approximate surface area is 167 Å². The van der Waals surface area contributed by atoms with E-state index in [1.54, 1.807) is 18.0 Å². The maximum Gasteiger partial charge on any atom is 0.456 e. The first kappa shape index (κ1) is 29.5. The summed E-state index contributed by atoms with van der Waals surface area (Å²) in [4.78, 5) is 1.80. The van der Waals surface area contributed by atoms with Gasteiger partial charge in [0.2, 0.25) is 0 Å². The maximum atomic E-state index is 13.2. The van der Waals surface area contributed by atoms with E-state index in [-0.39, 0.29) is 12.5 Å². The summed E-state index contributed by atoms with van der Waals surface area (Å²) in [6, 6.07) is 0.0989. The number of alkyl halides is 10. The highest BCUT2D eigenvalue weighted by Gasteiger charge is 2.80. The highest BCUT2D eigenvalue weighted by molar-refractivity contribution is 6.77. The molecule has 1 atom stereocenters. The second kappa shape index (κ2) is 9.97. The molecule has 0 aliphatic rings. The van der Waals surface area contributed by atoms with Gasteiger partial charge in [-0.1, -0.05) is 0 Å². The molecular formula is C13H21F11O4Si2. The van der Waals surface area contributed by atoms with Crippen molar-refractivity contribution >= 4 is 17.4 Å². The van der Waals surface area contributed by atoms with Gasteiger partial charge in [0.15, 0.2) is 24.0 Å². The van der Waals surface area contributed by atoms with Crippen molar-refractivity contribution in [3.63, 3.8) is 0 Å². The van der Waals surface area contributed by atoms with Gasteiger partial charge in [-0.2, -0.15) is 39.5 Å². The molecule has 0 bridgehead atoms. The van der Waals surface area contributed by atoms with Crippen LogP contribution < -0.4 is 0 Å². The molecule has 0 rings (SSSR count). The number of hydrogen-bond donors (Lipinski definition) is 0. The smallest absolute Gasteiger partial charge is 0.456 e. The van der Waals surface area contributed by atoms with E-state index >= 15 is 0 Å². The fourth-order valence-corrected chi connectivity index (χ4v) is 8.93. The molecule has 0 N–H and O–H groups in total. The van der Waals surface area contributed by atoms with Crippen LogP contribution in [0.5, 0.6) is 0 Å². The summed E-state index contributed by atoms with van der Waals surface area (Å²) in [7, 11) is -3.95. The lowest BCUT2D eigenvalue weighted by Crippen LogP contribution is -2.67. The van der Waals surface area contributed by atoms with E-state index in [4.69, 9.17) is 4.12 Å². The Hall–Kier alpha value is -0.496. The van der Waals surface area contributed by atoms with Crippen LogP contribution in [0.25, 0.3) is 0 Å². The third-order valence-electron chi connectivity index (χ3n) is 3.58. The molecule has 30 heavy (non-hydrogen) atoms. The van der Waals surface area contributed by atoms with E-state index in [2.05, 4.69) is 9.47 Å². The van der Waals surface area contributed by atoms with Gasteiger partial charge in [-0.3, -0.25) is 4.74 Å². The molecule has 1 unspecified atom stereocenters. The van der Waals surface area contributed by atoms with Gasteiger partial charge in [-0.15, -0.1) is 4.94 Å². The molecule has 17 heteroatoms. The summed E-state index contributed by atoms with van der Waals surface area (Å²) in [5.74, 6) is -11.5. The van der Waals surface area contributed by atoms with Crippen molar-refractivity contribution < 1.29 is 67.0 Å². The van der Waals surface area contributed by atoms with Crippen LogP contribution in [0.2, 0.25) is 32.2 Å². The van der Waals surface area contributed by atoms with E-state index in [9.17, 15) is 48.4 Å². The zero-order valence-electron chi connectivity index (χ0n) is 16.2. The van der Waals surface area contributed by atoms with Crippen molar-refractivity contribution in [2.24, 2.45) is 0 Å². The molecule has 0 radical (unpaired) electrons. The largest absolute Gasteiger partial charge is 0.458 e. The van der Waals surface area contributed by atoms with Gasteiger partial charge >= 0.3 is 24.3 Å². The highest BCUT2D eigenvalue weighted by atomic mass is 28.4. The standard InChI is InChI=1S/C13H21F11O4Si2/c1-29(2)28-30(3,4)7-5-6-25-9(8-14,11(15,16)17)26-10(27-24,12(18,19)20)13(21,22)23/h29H,5-8H2,1-4H3. The topological polar surface area (TPSA) is 36.9 Å². The lowest BCUT2D eigenvalue weighted by atomic mass is 10.2. The number of ether oxygens (including phenoxy) is 2. The Morgan fingerprint density at radius 2 is 1.30 bits per heavy atom. The Balaban J connectivity index is 5.80. The second-order valence-electron chi connectivity index (χ2n) is 7.05. The van der Waals surface area contributed by atoms with E-state index in [0.717, 1.165) is 0 Å². The van der Waals surface area contributed by atoms with Crippen LogP contribution in [0.4, 0.5) is 48.4 Å². The predicted molar refractivity (Wildman–Crippen MR) is 85.7 cm³/mol. The molecule has 0 saturated heterocycles. The Kier molecular flexibility index (Phi) is 9.81. The van der Waals surface area contributed by atoms with Gasteiger partial charge in [0, 0.05) is 0 Å². The lowest BCUT2D eigenvalue weighted by molar-refractivity contribution is -0.564. The molecule has 0 saturated carbocycles. The van der Waals surface area contributed by atoms with Gasteiger partial charge in [-0.05, 0) is 43.2 Å². The van der Waals surface area contributed by atoms with Crippen molar-refractivity contribution in [1.29, 1.82) is 0 Å². The van der Waals surface area contributed by atoms with E-state index in [1.165, 1.54) is 0 Å². The minimum absolute atomic E-state index is 0.0989. The van der Waals surface area contributed by atoms with Gasteiger partial charge < -0.3 is 8.85 Å². The molecule has 0 heterocycles. The van der Waals surface area contributed by atoms with Crippen LogP contribution >= 0.6 is 0 Å². The number of rotatable bonds is 11. The van der Waals surface area contributed by atoms with Crippen LogP contribution in [0.1, 0.15) is 6.42 Å². The van der Waals surface area contributed by atoms with Gasteiger partial charge in [0.1, 0.15) is 0 Å². The maximum absolute atomic E-state index is 13.2. The molecule has 0 aliphatic carbocycles. The molecule has 0 aromatic heterocycles. The normalized spacial score (nSPS) is 16.8. The zero-order chi connectivity index (χ0) is 24.2. The van der Waals surface area contributed by atoms with Crippen LogP contribution in [0, 0.1) is 0 Å². The summed E-state index contributed by atoms with van der Waals surface area (Å²) in [6.45, 7) is 2.78. The minimum Gasteiger partial charge on any atom is -0.458 e. The number of halogens is 11. The van der Waals surface area contributed by atoms with Crippen LogP contribution in [0.15, 0.2) is 0 Å². The summed E-state index contributed by atoms with van der Waals surface area (Å²) >= 11 is 0. The summed E-state index contributed by atoms with van der Waals surface area (Å²) in [5.41, 5.74) is 0. The summed E-state index contributed by atoms with van der Waals surface area (Å²) in [5, 5.41) is 0. The first-order valence-electron chi connectivity index (χ1n) is 8.28. The molecule has 0 fully saturated rings. The average Bonchev–Trinajstić information content (AvgIpc) is 2.49. The van der Waals surface area contributed by atoms with Crippen LogP contribution in [0.3, 0.4) is 0 Å². The van der Waals surface area contributed by atoms with E-state index < -0.39 is 60.7 Å². The lowest BCUT2D eigenvalue weighted by Gasteiger charge is -2.41. The molecular weight excluding hydrogens is 485 g/mol. The third-order valence-corrected chi connectivity index (χ3v) is 9.58. The second-order valence-corrected chi connectivity index (χ2v) is 14.1. The van der Waals surface area contributed by atoms with Crippen molar-refractivity contribution in [1.82, 2.24) is 0 Å². The first-order valence-corrected chi connectivity index (χ1v) is 14.2. The van der Waals surface area contributed by atoms with Gasteiger partial charge in [-0.25, -0.2) is 4.39 Å². The van der Waals surface area contributed by atoms with Crippen molar-refractivity contribution in [2.75, 3.05) is 13.3 Å². The Morgan fingerprint density at radius 3 is 1.60 bits per heavy atom. The third kappa shape index (κ3) is 7.01. The van der Waals surface area contributed by atoms with Crippen LogP contribution in [-0.4, -0.2) is 60.7 Å². The molecule has 0 aromatic rings. The fraction of sp³-hybridized carbons (Fsp3) is 1.00. The van der Waals surface area contributed by atoms with E-state index in [0.29, 0.717) is 0 Å². The Morgan fingerprint density at radius 1 is 0.833 bits per heavy atom. The first-order chi connectivity index (χ1) is 13.2. The van der Waals surface area contributed by atoms with Gasteiger partial charge in [0.25, 0.3) is 5.79 Å². The predicted octanol–water partition coefficient (Wildman–Crippen LogP) is 5.56. The minimum atomic E-state index is -6.90. The Bertz CT molecular complexity index is 523. The van der Waals surface area contributed by atoms with Crippen molar-refractivity contribution in [3.8, 4) is 0 Å². The average molecular weight is 506 g/mol. The van der Waals surface area contributed by atoms with E-state index in [1.807, 2.05) is 13.1 Å². The molecule has 0 aliphatic heterocycles. The molecule has 0 aromatic carbocycles.